The second kappa shape index (κ2) is 8.85. The van der Waals surface area contributed by atoms with E-state index >= 15 is 0 Å². The summed E-state index contributed by atoms with van der Waals surface area (Å²) in [6.07, 6.45) is 1.36. The Morgan fingerprint density at radius 3 is 2.54 bits per heavy atom. The molecule has 1 amide bonds. The summed E-state index contributed by atoms with van der Waals surface area (Å²) in [7, 11) is 3.10. The molecule has 28 heavy (non-hydrogen) atoms. The predicted octanol–water partition coefficient (Wildman–Crippen LogP) is 3.67. The summed E-state index contributed by atoms with van der Waals surface area (Å²) in [4.78, 5) is 20.8. The van der Waals surface area contributed by atoms with E-state index in [9.17, 15) is 4.79 Å². The molecule has 2 N–H and O–H groups in total. The Balaban J connectivity index is 1.69. The van der Waals surface area contributed by atoms with E-state index < -0.39 is 0 Å². The molecule has 0 spiro atoms. The number of hydrogen-bond acceptors (Lipinski definition) is 6. The number of nitrogens with zero attached hydrogens (tertiary/aromatic N) is 2. The van der Waals surface area contributed by atoms with Gasteiger partial charge in [0.05, 0.1) is 14.2 Å². The van der Waals surface area contributed by atoms with Gasteiger partial charge in [0, 0.05) is 24.4 Å². The van der Waals surface area contributed by atoms with Crippen LogP contribution in [0.3, 0.4) is 0 Å². The van der Waals surface area contributed by atoms with E-state index in [2.05, 4.69) is 33.6 Å². The molecule has 0 bridgehead atoms. The van der Waals surface area contributed by atoms with Crippen molar-refractivity contribution in [2.24, 2.45) is 0 Å². The normalized spacial score (nSPS) is 10.2. The summed E-state index contributed by atoms with van der Waals surface area (Å²) in [5.41, 5.74) is 3.20. The number of aromatic nitrogens is 2. The van der Waals surface area contributed by atoms with Crippen molar-refractivity contribution in [1.82, 2.24) is 9.97 Å². The molecule has 2 aromatic carbocycles. The maximum Gasteiger partial charge on any atom is 0.274 e. The largest absolute Gasteiger partial charge is 0.493 e. The van der Waals surface area contributed by atoms with Gasteiger partial charge in [-0.1, -0.05) is 24.3 Å². The average molecular weight is 378 g/mol. The summed E-state index contributed by atoms with van der Waals surface area (Å²) in [6.45, 7) is 2.67. The Morgan fingerprint density at radius 1 is 1.00 bits per heavy atom. The molecule has 7 heteroatoms. The van der Waals surface area contributed by atoms with Crippen LogP contribution in [-0.2, 0) is 6.54 Å². The Bertz CT molecular complexity index is 975. The third-order valence-electron chi connectivity index (χ3n) is 4.26. The Kier molecular flexibility index (Phi) is 6.06. The van der Waals surface area contributed by atoms with Gasteiger partial charge in [0.25, 0.3) is 5.91 Å². The number of nitrogens with one attached hydrogen (secondary N) is 2. The molecule has 0 unspecified atom stereocenters. The Hall–Kier alpha value is -3.61. The quantitative estimate of drug-likeness (QED) is 0.653. The summed E-state index contributed by atoms with van der Waals surface area (Å²) in [5.74, 6) is 1.36. The molecular formula is C21H22N4O3. The van der Waals surface area contributed by atoms with Crippen molar-refractivity contribution >= 4 is 17.4 Å². The van der Waals surface area contributed by atoms with Crippen LogP contribution in [0.5, 0.6) is 11.5 Å². The Morgan fingerprint density at radius 2 is 1.79 bits per heavy atom. The van der Waals surface area contributed by atoms with Crippen LogP contribution in [0.15, 0.2) is 54.9 Å². The van der Waals surface area contributed by atoms with Gasteiger partial charge in [-0.3, -0.25) is 4.79 Å². The number of methoxy groups -OCH3 is 2. The second-order valence-electron chi connectivity index (χ2n) is 6.09. The fourth-order valence-corrected chi connectivity index (χ4v) is 2.68. The number of carbonyl (C=O) groups is 1. The minimum Gasteiger partial charge on any atom is -0.493 e. The molecule has 0 fully saturated rings. The first-order chi connectivity index (χ1) is 13.6. The van der Waals surface area contributed by atoms with E-state index in [1.165, 1.54) is 11.9 Å². The highest BCUT2D eigenvalue weighted by atomic mass is 16.5. The first kappa shape index (κ1) is 19.2. The summed E-state index contributed by atoms with van der Waals surface area (Å²) < 4.78 is 10.5. The van der Waals surface area contributed by atoms with Crippen molar-refractivity contribution in [3.63, 3.8) is 0 Å². The van der Waals surface area contributed by atoms with E-state index in [1.807, 2.05) is 18.2 Å². The van der Waals surface area contributed by atoms with E-state index in [4.69, 9.17) is 9.47 Å². The first-order valence-corrected chi connectivity index (χ1v) is 8.74. The molecule has 3 aromatic rings. The first-order valence-electron chi connectivity index (χ1n) is 8.74. The van der Waals surface area contributed by atoms with Crippen LogP contribution >= 0.6 is 0 Å². The van der Waals surface area contributed by atoms with Crippen molar-refractivity contribution in [3.05, 3.63) is 71.7 Å². The lowest BCUT2D eigenvalue weighted by molar-refractivity contribution is 0.102. The summed E-state index contributed by atoms with van der Waals surface area (Å²) in [5, 5.41) is 6.03. The lowest BCUT2D eigenvalue weighted by Crippen LogP contribution is -2.15. The lowest BCUT2D eigenvalue weighted by atomic mass is 10.1. The molecule has 144 valence electrons. The SMILES string of the molecule is COc1ccc(NC(=O)c2cc(NCc3ccccc3C)ncn2)cc1OC. The van der Waals surface area contributed by atoms with Crippen LogP contribution in [0.2, 0.25) is 0 Å². The second-order valence-corrected chi connectivity index (χ2v) is 6.09. The fourth-order valence-electron chi connectivity index (χ4n) is 2.68. The topological polar surface area (TPSA) is 85.4 Å². The molecule has 1 aromatic heterocycles. The van der Waals surface area contributed by atoms with Crippen LogP contribution < -0.4 is 20.1 Å². The zero-order chi connectivity index (χ0) is 19.9. The van der Waals surface area contributed by atoms with Crippen molar-refractivity contribution in [2.45, 2.75) is 13.5 Å². The minimum atomic E-state index is -0.339. The van der Waals surface area contributed by atoms with E-state index in [-0.39, 0.29) is 11.6 Å². The van der Waals surface area contributed by atoms with Gasteiger partial charge in [-0.05, 0) is 30.2 Å². The van der Waals surface area contributed by atoms with Gasteiger partial charge in [-0.15, -0.1) is 0 Å². The third-order valence-corrected chi connectivity index (χ3v) is 4.26. The number of rotatable bonds is 7. The molecule has 0 saturated carbocycles. The molecule has 0 atom stereocenters. The standard InChI is InChI=1S/C21H22N4O3/c1-14-6-4-5-7-15(14)12-22-20-11-17(23-13-24-20)21(26)25-16-8-9-18(27-2)19(10-16)28-3/h4-11,13H,12H2,1-3H3,(H,25,26)(H,22,23,24). The van der Waals surface area contributed by atoms with Crippen molar-refractivity contribution in [2.75, 3.05) is 24.9 Å². The predicted molar refractivity (Wildman–Crippen MR) is 108 cm³/mol. The van der Waals surface area contributed by atoms with Crippen molar-refractivity contribution in [3.8, 4) is 11.5 Å². The highest BCUT2D eigenvalue weighted by molar-refractivity contribution is 6.03. The highest BCUT2D eigenvalue weighted by Gasteiger charge is 2.11. The number of anilines is 2. The average Bonchev–Trinajstić information content (AvgIpc) is 2.73. The number of carbonyl (C=O) groups excluding carboxylic acids is 1. The van der Waals surface area contributed by atoms with Crippen molar-refractivity contribution in [1.29, 1.82) is 0 Å². The highest BCUT2D eigenvalue weighted by Crippen LogP contribution is 2.29. The Labute approximate surface area is 163 Å². The molecule has 0 aliphatic carbocycles. The fraction of sp³-hybridized carbons (Fsp3) is 0.190. The van der Waals surface area contributed by atoms with E-state index in [0.717, 1.165) is 5.56 Å². The smallest absolute Gasteiger partial charge is 0.274 e. The van der Waals surface area contributed by atoms with Crippen LogP contribution in [0, 0.1) is 6.92 Å². The summed E-state index contributed by atoms with van der Waals surface area (Å²) in [6, 6.07) is 14.9. The van der Waals surface area contributed by atoms with Gasteiger partial charge in [0.2, 0.25) is 0 Å². The van der Waals surface area contributed by atoms with E-state index in [0.29, 0.717) is 29.5 Å². The van der Waals surface area contributed by atoms with Crippen LogP contribution in [0.25, 0.3) is 0 Å². The maximum atomic E-state index is 12.5. The minimum absolute atomic E-state index is 0.261. The number of benzene rings is 2. The van der Waals surface area contributed by atoms with Crippen LogP contribution in [-0.4, -0.2) is 30.1 Å². The van der Waals surface area contributed by atoms with Crippen molar-refractivity contribution < 1.29 is 14.3 Å². The molecule has 0 saturated heterocycles. The van der Waals surface area contributed by atoms with Gasteiger partial charge in [-0.25, -0.2) is 9.97 Å². The monoisotopic (exact) mass is 378 g/mol. The van der Waals surface area contributed by atoms with Crippen LogP contribution in [0.1, 0.15) is 21.6 Å². The summed E-state index contributed by atoms with van der Waals surface area (Å²) >= 11 is 0. The van der Waals surface area contributed by atoms with Gasteiger partial charge >= 0.3 is 0 Å². The molecule has 0 aliphatic heterocycles. The molecular weight excluding hydrogens is 356 g/mol. The molecule has 3 rings (SSSR count). The molecule has 1 heterocycles. The van der Waals surface area contributed by atoms with Gasteiger partial charge < -0.3 is 20.1 Å². The van der Waals surface area contributed by atoms with Gasteiger partial charge in [0.1, 0.15) is 17.8 Å². The van der Waals surface area contributed by atoms with E-state index in [1.54, 1.807) is 38.5 Å². The zero-order valence-electron chi connectivity index (χ0n) is 16.0. The molecule has 7 nitrogen and oxygen atoms in total. The number of amides is 1. The number of ether oxygens (including phenoxy) is 2. The lowest BCUT2D eigenvalue weighted by Gasteiger charge is -2.11. The number of aryl methyl sites for hydroxylation is 1. The maximum absolute atomic E-state index is 12.5. The van der Waals surface area contributed by atoms with Gasteiger partial charge in [0.15, 0.2) is 11.5 Å². The third kappa shape index (κ3) is 4.56. The zero-order valence-corrected chi connectivity index (χ0v) is 16.0. The molecule has 0 radical (unpaired) electrons. The number of hydrogen-bond donors (Lipinski definition) is 2. The molecule has 0 aliphatic rings. The van der Waals surface area contributed by atoms with Gasteiger partial charge in [-0.2, -0.15) is 0 Å². The van der Waals surface area contributed by atoms with Crippen LogP contribution in [0.4, 0.5) is 11.5 Å².